The summed E-state index contributed by atoms with van der Waals surface area (Å²) in [5.74, 6) is 0. The Hall–Kier alpha value is -0.600. The van der Waals surface area contributed by atoms with Crippen molar-refractivity contribution in [1.82, 2.24) is 5.32 Å². The number of benzene rings is 1. The number of nitrogens with one attached hydrogen (secondary N) is 1. The minimum Gasteiger partial charge on any atom is -0.313 e. The fourth-order valence-electron chi connectivity index (χ4n) is 1.52. The highest BCUT2D eigenvalue weighted by atomic mass is 79.9. The van der Waals surface area contributed by atoms with E-state index in [1.54, 1.807) is 0 Å². The molecule has 1 N–H and O–H groups in total. The van der Waals surface area contributed by atoms with E-state index in [2.05, 4.69) is 45.5 Å². The van der Waals surface area contributed by atoms with Crippen molar-refractivity contribution in [3.8, 4) is 0 Å². The summed E-state index contributed by atoms with van der Waals surface area (Å²) in [5.41, 5.74) is 2.77. The van der Waals surface area contributed by atoms with E-state index in [1.165, 1.54) is 22.0 Å². The lowest BCUT2D eigenvalue weighted by Crippen LogP contribution is -2.04. The molecule has 0 aromatic heterocycles. The monoisotopic (exact) mass is 237 g/mol. The van der Waals surface area contributed by atoms with Crippen LogP contribution in [0.5, 0.6) is 0 Å². The van der Waals surface area contributed by atoms with Crippen molar-refractivity contribution in [2.24, 2.45) is 0 Å². The summed E-state index contributed by atoms with van der Waals surface area (Å²) < 4.78 is 1.18. The van der Waals surface area contributed by atoms with Crippen molar-refractivity contribution in [3.63, 3.8) is 0 Å². The molecular weight excluding hydrogens is 226 g/mol. The molecule has 1 fully saturated rings. The summed E-state index contributed by atoms with van der Waals surface area (Å²) in [6.45, 7) is 2.16. The third-order valence-electron chi connectivity index (χ3n) is 2.24. The number of halogens is 1. The van der Waals surface area contributed by atoms with Crippen molar-refractivity contribution in [2.45, 2.75) is 6.42 Å². The Kier molecular flexibility index (Phi) is 2.81. The molecule has 0 amide bonds. The van der Waals surface area contributed by atoms with Crippen LogP contribution in [0.1, 0.15) is 12.0 Å². The number of hydrogen-bond donors (Lipinski definition) is 1. The van der Waals surface area contributed by atoms with Crippen LogP contribution in [0.4, 0.5) is 0 Å². The molecule has 0 saturated carbocycles. The quantitative estimate of drug-likeness (QED) is 0.793. The van der Waals surface area contributed by atoms with Crippen LogP contribution < -0.4 is 5.32 Å². The smallest absolute Gasteiger partial charge is 0.0247 e. The van der Waals surface area contributed by atoms with Gasteiger partial charge in [0.05, 0.1) is 0 Å². The van der Waals surface area contributed by atoms with E-state index in [0.29, 0.717) is 0 Å². The molecule has 1 aromatic carbocycles. The highest BCUT2D eigenvalue weighted by Gasteiger charge is 2.05. The first-order valence-corrected chi connectivity index (χ1v) is 5.30. The molecule has 1 aliphatic rings. The molecule has 2 heteroatoms. The van der Waals surface area contributed by atoms with Gasteiger partial charge in [-0.05, 0) is 24.6 Å². The van der Waals surface area contributed by atoms with Gasteiger partial charge in [0, 0.05) is 11.0 Å². The first-order valence-electron chi connectivity index (χ1n) is 4.51. The van der Waals surface area contributed by atoms with Crippen LogP contribution in [-0.2, 0) is 0 Å². The van der Waals surface area contributed by atoms with Gasteiger partial charge >= 0.3 is 0 Å². The third kappa shape index (κ3) is 2.20. The lowest BCUT2D eigenvalue weighted by atomic mass is 10.1. The minimum atomic E-state index is 1.04. The van der Waals surface area contributed by atoms with E-state index < -0.39 is 0 Å². The minimum absolute atomic E-state index is 1.04. The second kappa shape index (κ2) is 4.07. The van der Waals surface area contributed by atoms with Gasteiger partial charge in [0.2, 0.25) is 0 Å². The Bertz CT molecular complexity index is 323. The zero-order valence-electron chi connectivity index (χ0n) is 7.39. The summed E-state index contributed by atoms with van der Waals surface area (Å²) >= 11 is 3.54. The first-order chi connectivity index (χ1) is 6.36. The highest BCUT2D eigenvalue weighted by molar-refractivity contribution is 9.10. The molecule has 1 nitrogen and oxygen atoms in total. The number of hydrogen-bond acceptors (Lipinski definition) is 1. The fraction of sp³-hybridized carbons (Fsp3) is 0.273. The molecule has 68 valence electrons. The molecule has 13 heavy (non-hydrogen) atoms. The van der Waals surface area contributed by atoms with Gasteiger partial charge in [0.15, 0.2) is 0 Å². The van der Waals surface area contributed by atoms with E-state index >= 15 is 0 Å². The van der Waals surface area contributed by atoms with Crippen LogP contribution in [-0.4, -0.2) is 13.1 Å². The van der Waals surface area contributed by atoms with Crippen LogP contribution in [0.3, 0.4) is 0 Å². The lowest BCUT2D eigenvalue weighted by Gasteiger charge is -1.99. The largest absolute Gasteiger partial charge is 0.313 e. The zero-order valence-corrected chi connectivity index (χ0v) is 8.97. The maximum absolute atomic E-state index is 3.54. The van der Waals surface area contributed by atoms with Gasteiger partial charge in [-0.15, -0.1) is 0 Å². The highest BCUT2D eigenvalue weighted by Crippen LogP contribution is 2.20. The Morgan fingerprint density at radius 1 is 1.31 bits per heavy atom. The maximum Gasteiger partial charge on any atom is 0.0247 e. The van der Waals surface area contributed by atoms with Crippen molar-refractivity contribution >= 4 is 22.0 Å². The Morgan fingerprint density at radius 2 is 2.15 bits per heavy atom. The van der Waals surface area contributed by atoms with Crippen molar-refractivity contribution in [2.75, 3.05) is 13.1 Å². The van der Waals surface area contributed by atoms with Crippen LogP contribution in [0.15, 0.2) is 34.3 Å². The second-order valence-corrected chi connectivity index (χ2v) is 4.11. The molecule has 0 bridgehead atoms. The molecule has 0 spiro atoms. The maximum atomic E-state index is 3.54. The van der Waals surface area contributed by atoms with Crippen LogP contribution in [0.2, 0.25) is 0 Å². The number of rotatable bonds is 1. The van der Waals surface area contributed by atoms with Crippen LogP contribution in [0.25, 0.3) is 6.08 Å². The van der Waals surface area contributed by atoms with E-state index in [4.69, 9.17) is 0 Å². The molecule has 0 unspecified atom stereocenters. The SMILES string of the molecule is Brc1ccccc1/C=C1/CCNC1. The van der Waals surface area contributed by atoms with E-state index in [1.807, 2.05) is 6.07 Å². The average Bonchev–Trinajstić information content (AvgIpc) is 2.61. The third-order valence-corrected chi connectivity index (χ3v) is 2.96. The molecule has 0 aliphatic carbocycles. The van der Waals surface area contributed by atoms with E-state index in [0.717, 1.165) is 13.1 Å². The van der Waals surface area contributed by atoms with Crippen LogP contribution >= 0.6 is 15.9 Å². The fourth-order valence-corrected chi connectivity index (χ4v) is 1.92. The van der Waals surface area contributed by atoms with Gasteiger partial charge < -0.3 is 5.32 Å². The molecule has 2 rings (SSSR count). The summed E-state index contributed by atoms with van der Waals surface area (Å²) in [4.78, 5) is 0. The zero-order chi connectivity index (χ0) is 9.10. The summed E-state index contributed by atoms with van der Waals surface area (Å²) in [6, 6.07) is 8.32. The Balaban J connectivity index is 2.25. The van der Waals surface area contributed by atoms with Crippen molar-refractivity contribution in [3.05, 3.63) is 39.9 Å². The summed E-state index contributed by atoms with van der Waals surface area (Å²) in [5, 5.41) is 3.33. The van der Waals surface area contributed by atoms with Gasteiger partial charge in [0.1, 0.15) is 0 Å². The molecule has 1 aliphatic heterocycles. The second-order valence-electron chi connectivity index (χ2n) is 3.25. The molecule has 1 aromatic rings. The van der Waals surface area contributed by atoms with Gasteiger partial charge in [-0.2, -0.15) is 0 Å². The van der Waals surface area contributed by atoms with Gasteiger partial charge in [-0.25, -0.2) is 0 Å². The van der Waals surface area contributed by atoms with Crippen LogP contribution in [0, 0.1) is 0 Å². The first kappa shape index (κ1) is 8.97. The van der Waals surface area contributed by atoms with Gasteiger partial charge in [-0.1, -0.05) is 45.8 Å². The van der Waals surface area contributed by atoms with Gasteiger partial charge in [0.25, 0.3) is 0 Å². The van der Waals surface area contributed by atoms with E-state index in [-0.39, 0.29) is 0 Å². The topological polar surface area (TPSA) is 12.0 Å². The summed E-state index contributed by atoms with van der Waals surface area (Å²) in [6.07, 6.45) is 3.45. The molecule has 1 heterocycles. The van der Waals surface area contributed by atoms with Gasteiger partial charge in [-0.3, -0.25) is 0 Å². The molecule has 1 saturated heterocycles. The van der Waals surface area contributed by atoms with Crippen molar-refractivity contribution < 1.29 is 0 Å². The molecule has 0 radical (unpaired) electrons. The summed E-state index contributed by atoms with van der Waals surface area (Å²) in [7, 11) is 0. The Labute approximate surface area is 87.0 Å². The van der Waals surface area contributed by atoms with Crippen molar-refractivity contribution in [1.29, 1.82) is 0 Å². The molecule has 0 atom stereocenters. The predicted molar refractivity (Wildman–Crippen MR) is 59.6 cm³/mol. The normalized spacial score (nSPS) is 19.6. The van der Waals surface area contributed by atoms with E-state index in [9.17, 15) is 0 Å². The molecular formula is C11H12BrN. The average molecular weight is 238 g/mol. The lowest BCUT2D eigenvalue weighted by molar-refractivity contribution is 0.862. The Morgan fingerprint density at radius 3 is 2.85 bits per heavy atom. The predicted octanol–water partition coefficient (Wildman–Crippen LogP) is 2.83. The standard InChI is InChI=1S/C11H12BrN/c12-11-4-2-1-3-10(11)7-9-5-6-13-8-9/h1-4,7,13H,5-6,8H2/b9-7-.